The van der Waals surface area contributed by atoms with Crippen molar-refractivity contribution in [3.8, 4) is 22.6 Å². The molecule has 0 N–H and O–H groups in total. The van der Waals surface area contributed by atoms with E-state index >= 15 is 0 Å². The molecular formula is C22H22N4O3. The van der Waals surface area contributed by atoms with Crippen molar-refractivity contribution in [2.45, 2.75) is 6.10 Å². The van der Waals surface area contributed by atoms with Crippen LogP contribution in [0.2, 0.25) is 0 Å². The Labute approximate surface area is 168 Å². The van der Waals surface area contributed by atoms with Crippen molar-refractivity contribution >= 4 is 10.9 Å². The van der Waals surface area contributed by atoms with Crippen LogP contribution < -0.4 is 9.47 Å². The van der Waals surface area contributed by atoms with Crippen LogP contribution in [0.15, 0.2) is 55.1 Å². The maximum atomic E-state index is 5.78. The highest BCUT2D eigenvalue weighted by atomic mass is 16.5. The number of ether oxygens (including phenoxy) is 3. The molecule has 29 heavy (non-hydrogen) atoms. The van der Waals surface area contributed by atoms with Crippen molar-refractivity contribution in [1.82, 2.24) is 19.7 Å². The molecule has 0 aliphatic carbocycles. The quantitative estimate of drug-likeness (QED) is 0.499. The molecule has 0 bridgehead atoms. The number of nitrogens with zero attached hydrogens (tertiary/aromatic N) is 4. The van der Waals surface area contributed by atoms with Gasteiger partial charge in [-0.1, -0.05) is 0 Å². The second-order valence-electron chi connectivity index (χ2n) is 6.69. The average molecular weight is 390 g/mol. The van der Waals surface area contributed by atoms with Crippen molar-refractivity contribution in [1.29, 1.82) is 0 Å². The first-order valence-corrected chi connectivity index (χ1v) is 9.11. The van der Waals surface area contributed by atoms with E-state index in [0.29, 0.717) is 11.5 Å². The molecule has 0 saturated heterocycles. The molecule has 148 valence electrons. The van der Waals surface area contributed by atoms with Crippen LogP contribution >= 0.6 is 0 Å². The topological polar surface area (TPSA) is 71.3 Å². The summed E-state index contributed by atoms with van der Waals surface area (Å²) in [5.41, 5.74) is 4.51. The van der Waals surface area contributed by atoms with Crippen LogP contribution in [0.1, 0.15) is 17.4 Å². The third-order valence-corrected chi connectivity index (χ3v) is 4.81. The molecule has 0 fully saturated rings. The lowest BCUT2D eigenvalue weighted by Crippen LogP contribution is -2.06. The van der Waals surface area contributed by atoms with Gasteiger partial charge in [-0.2, -0.15) is 5.10 Å². The van der Waals surface area contributed by atoms with Crippen molar-refractivity contribution in [3.05, 3.63) is 66.4 Å². The molecule has 3 heterocycles. The summed E-state index contributed by atoms with van der Waals surface area (Å²) in [4.78, 5) is 9.13. The zero-order valence-corrected chi connectivity index (χ0v) is 16.8. The van der Waals surface area contributed by atoms with E-state index in [9.17, 15) is 0 Å². The van der Waals surface area contributed by atoms with Crippen LogP contribution in [0.3, 0.4) is 0 Å². The fourth-order valence-corrected chi connectivity index (χ4v) is 3.33. The zero-order valence-electron chi connectivity index (χ0n) is 16.8. The van der Waals surface area contributed by atoms with E-state index in [1.807, 2.05) is 49.9 Å². The third-order valence-electron chi connectivity index (χ3n) is 4.81. The molecule has 0 radical (unpaired) electrons. The highest BCUT2D eigenvalue weighted by Gasteiger charge is 2.18. The van der Waals surface area contributed by atoms with Crippen molar-refractivity contribution in [3.63, 3.8) is 0 Å². The molecule has 7 heteroatoms. The number of hydrogen-bond acceptors (Lipinski definition) is 6. The van der Waals surface area contributed by atoms with Crippen molar-refractivity contribution in [2.75, 3.05) is 21.3 Å². The molecule has 1 unspecified atom stereocenters. The number of hydrogen-bond donors (Lipinski definition) is 0. The molecule has 0 amide bonds. The lowest BCUT2D eigenvalue weighted by molar-refractivity contribution is 0.132. The minimum Gasteiger partial charge on any atom is -0.497 e. The van der Waals surface area contributed by atoms with Crippen LogP contribution in [0.25, 0.3) is 22.0 Å². The first kappa shape index (κ1) is 18.9. The fourth-order valence-electron chi connectivity index (χ4n) is 3.33. The summed E-state index contributed by atoms with van der Waals surface area (Å²) in [6, 6.07) is 9.76. The first-order valence-electron chi connectivity index (χ1n) is 9.11. The summed E-state index contributed by atoms with van der Waals surface area (Å²) >= 11 is 0. The van der Waals surface area contributed by atoms with Gasteiger partial charge in [-0.25, -0.2) is 0 Å². The second-order valence-corrected chi connectivity index (χ2v) is 6.69. The molecule has 4 rings (SSSR count). The predicted octanol–water partition coefficient (Wildman–Crippen LogP) is 3.78. The number of rotatable bonds is 6. The Morgan fingerprint density at radius 3 is 2.21 bits per heavy atom. The largest absolute Gasteiger partial charge is 0.497 e. The van der Waals surface area contributed by atoms with E-state index < -0.39 is 0 Å². The summed E-state index contributed by atoms with van der Waals surface area (Å²) in [7, 11) is 6.80. The number of benzene rings is 1. The molecule has 4 aromatic rings. The predicted molar refractivity (Wildman–Crippen MR) is 110 cm³/mol. The summed E-state index contributed by atoms with van der Waals surface area (Å²) in [6.07, 6.45) is 7.02. The van der Waals surface area contributed by atoms with E-state index in [-0.39, 0.29) is 6.10 Å². The molecule has 1 atom stereocenters. The van der Waals surface area contributed by atoms with Gasteiger partial charge in [-0.15, -0.1) is 0 Å². The molecule has 1 aromatic carbocycles. The summed E-state index contributed by atoms with van der Waals surface area (Å²) in [5.74, 6) is 1.39. The van der Waals surface area contributed by atoms with Gasteiger partial charge < -0.3 is 14.2 Å². The maximum absolute atomic E-state index is 5.78. The Morgan fingerprint density at radius 2 is 1.59 bits per heavy atom. The zero-order chi connectivity index (χ0) is 20.4. The molecule has 0 saturated carbocycles. The maximum Gasteiger partial charge on any atom is 0.124 e. The van der Waals surface area contributed by atoms with Gasteiger partial charge in [-0.3, -0.25) is 14.6 Å². The molecule has 7 nitrogen and oxygen atoms in total. The number of aryl methyl sites for hydroxylation is 1. The van der Waals surface area contributed by atoms with Gasteiger partial charge in [-0.05, 0) is 29.8 Å². The smallest absolute Gasteiger partial charge is 0.124 e. The van der Waals surface area contributed by atoms with Crippen LogP contribution in [-0.2, 0) is 11.8 Å². The fraction of sp³-hybridized carbons (Fsp3) is 0.227. The van der Waals surface area contributed by atoms with Crippen molar-refractivity contribution < 1.29 is 14.2 Å². The third kappa shape index (κ3) is 3.77. The lowest BCUT2D eigenvalue weighted by Gasteiger charge is -2.18. The van der Waals surface area contributed by atoms with Gasteiger partial charge in [0.2, 0.25) is 0 Å². The van der Waals surface area contributed by atoms with E-state index in [0.717, 1.165) is 33.3 Å². The van der Waals surface area contributed by atoms with Crippen LogP contribution in [0.4, 0.5) is 0 Å². The highest BCUT2D eigenvalue weighted by molar-refractivity contribution is 5.83. The summed E-state index contributed by atoms with van der Waals surface area (Å²) in [5, 5.41) is 5.22. The second kappa shape index (κ2) is 7.89. The monoisotopic (exact) mass is 390 g/mol. The Hall–Kier alpha value is -3.45. The van der Waals surface area contributed by atoms with Crippen LogP contribution in [0, 0.1) is 0 Å². The van der Waals surface area contributed by atoms with Gasteiger partial charge in [0.1, 0.15) is 17.6 Å². The number of fused-ring (bicyclic) bond motifs is 1. The van der Waals surface area contributed by atoms with E-state index in [1.165, 1.54) is 0 Å². The van der Waals surface area contributed by atoms with Gasteiger partial charge in [0.15, 0.2) is 0 Å². The van der Waals surface area contributed by atoms with Gasteiger partial charge in [0.05, 0.1) is 37.8 Å². The Balaban J connectivity index is 1.77. The standard InChI is InChI=1S/C22H22N4O3/c1-26-13-17(11-25-26)16-5-14-8-20(24-12-21(14)23-10-16)22(29-4)15-6-18(27-2)9-19(7-15)28-3/h5-13,22H,1-4H3. The molecular weight excluding hydrogens is 368 g/mol. The number of pyridine rings is 2. The molecule has 0 aliphatic rings. The summed E-state index contributed by atoms with van der Waals surface area (Å²) in [6.45, 7) is 0. The Morgan fingerprint density at radius 1 is 0.828 bits per heavy atom. The molecule has 3 aromatic heterocycles. The average Bonchev–Trinajstić information content (AvgIpc) is 3.19. The SMILES string of the molecule is COc1cc(OC)cc(C(OC)c2cc3cc(-c4cnn(C)c4)cnc3cn2)c1. The number of aromatic nitrogens is 4. The van der Waals surface area contributed by atoms with E-state index in [2.05, 4.69) is 21.1 Å². The Kier molecular flexibility index (Phi) is 5.14. The first-order chi connectivity index (χ1) is 14.1. The van der Waals surface area contributed by atoms with Gasteiger partial charge >= 0.3 is 0 Å². The minimum absolute atomic E-state index is 0.370. The molecule has 0 spiro atoms. The number of methoxy groups -OCH3 is 3. The summed E-state index contributed by atoms with van der Waals surface area (Å²) < 4.78 is 18.3. The van der Waals surface area contributed by atoms with Crippen LogP contribution in [0.5, 0.6) is 11.5 Å². The Bertz CT molecular complexity index is 1130. The minimum atomic E-state index is -0.370. The van der Waals surface area contributed by atoms with E-state index in [4.69, 9.17) is 14.2 Å². The highest BCUT2D eigenvalue weighted by Crippen LogP contribution is 2.32. The van der Waals surface area contributed by atoms with Gasteiger partial charge in [0, 0.05) is 49.1 Å². The molecule has 0 aliphatic heterocycles. The van der Waals surface area contributed by atoms with Crippen LogP contribution in [-0.4, -0.2) is 41.1 Å². The van der Waals surface area contributed by atoms with Gasteiger partial charge in [0.25, 0.3) is 0 Å². The normalized spacial score (nSPS) is 12.1. The van der Waals surface area contributed by atoms with Crippen molar-refractivity contribution in [2.24, 2.45) is 7.05 Å². The lowest BCUT2D eigenvalue weighted by atomic mass is 10.0. The van der Waals surface area contributed by atoms with E-state index in [1.54, 1.807) is 32.2 Å².